The minimum absolute atomic E-state index is 0.130. The summed E-state index contributed by atoms with van der Waals surface area (Å²) in [4.78, 5) is 26.1. The maximum Gasteiger partial charge on any atom is 0.288 e. The standard InChI is InChI=1S/C12H18N4O4/c1-4-20-7-8(2)15-12(17)10-5-9(16(18)19)6-14-11(10)13-3/h5-6,8H,4,7H2,1-3H3,(H,13,14)(H,15,17). The Labute approximate surface area is 116 Å². The number of hydrogen-bond acceptors (Lipinski definition) is 6. The first kappa shape index (κ1) is 15.8. The van der Waals surface area contributed by atoms with Gasteiger partial charge >= 0.3 is 0 Å². The van der Waals surface area contributed by atoms with Gasteiger partial charge in [0.25, 0.3) is 11.6 Å². The summed E-state index contributed by atoms with van der Waals surface area (Å²) in [6.07, 6.45) is 1.10. The molecule has 1 unspecified atom stereocenters. The van der Waals surface area contributed by atoms with Crippen LogP contribution < -0.4 is 10.6 Å². The molecule has 1 amide bonds. The van der Waals surface area contributed by atoms with Gasteiger partial charge in [0.2, 0.25) is 0 Å². The SMILES string of the molecule is CCOCC(C)NC(=O)c1cc([N+](=O)[O-])cnc1NC. The van der Waals surface area contributed by atoms with E-state index in [9.17, 15) is 14.9 Å². The lowest BCUT2D eigenvalue weighted by Gasteiger charge is -2.14. The van der Waals surface area contributed by atoms with Crippen molar-refractivity contribution in [3.63, 3.8) is 0 Å². The van der Waals surface area contributed by atoms with Crippen molar-refractivity contribution in [2.24, 2.45) is 0 Å². The molecule has 1 aromatic rings. The number of amides is 1. The van der Waals surface area contributed by atoms with Gasteiger partial charge in [-0.3, -0.25) is 14.9 Å². The molecule has 8 nitrogen and oxygen atoms in total. The quantitative estimate of drug-likeness (QED) is 0.574. The van der Waals surface area contributed by atoms with E-state index in [-0.39, 0.29) is 23.1 Å². The van der Waals surface area contributed by atoms with E-state index in [2.05, 4.69) is 15.6 Å². The second-order valence-electron chi connectivity index (χ2n) is 4.13. The van der Waals surface area contributed by atoms with Gasteiger partial charge < -0.3 is 15.4 Å². The van der Waals surface area contributed by atoms with Crippen molar-refractivity contribution in [2.45, 2.75) is 19.9 Å². The second-order valence-corrected chi connectivity index (χ2v) is 4.13. The van der Waals surface area contributed by atoms with Gasteiger partial charge in [-0.15, -0.1) is 0 Å². The lowest BCUT2D eigenvalue weighted by atomic mass is 10.2. The fourth-order valence-corrected chi connectivity index (χ4v) is 1.56. The summed E-state index contributed by atoms with van der Waals surface area (Å²) in [6, 6.07) is 0.994. The topological polar surface area (TPSA) is 106 Å². The number of nitrogens with zero attached hydrogens (tertiary/aromatic N) is 2. The second kappa shape index (κ2) is 7.39. The van der Waals surface area contributed by atoms with Gasteiger partial charge in [-0.2, -0.15) is 0 Å². The highest BCUT2D eigenvalue weighted by Crippen LogP contribution is 2.18. The van der Waals surface area contributed by atoms with E-state index in [0.717, 1.165) is 6.20 Å². The highest BCUT2D eigenvalue weighted by atomic mass is 16.6. The maximum absolute atomic E-state index is 12.1. The van der Waals surface area contributed by atoms with Crippen LogP contribution in [0.5, 0.6) is 0 Å². The normalized spacial score (nSPS) is 11.8. The zero-order chi connectivity index (χ0) is 15.1. The van der Waals surface area contributed by atoms with Crippen LogP contribution >= 0.6 is 0 Å². The van der Waals surface area contributed by atoms with Crippen molar-refractivity contribution in [1.29, 1.82) is 0 Å². The molecule has 0 bridgehead atoms. The molecule has 0 saturated heterocycles. The third kappa shape index (κ3) is 4.16. The molecule has 0 aliphatic carbocycles. The van der Waals surface area contributed by atoms with Crippen molar-refractivity contribution in [3.05, 3.63) is 27.9 Å². The molecule has 0 fully saturated rings. The van der Waals surface area contributed by atoms with Gasteiger partial charge in [-0.1, -0.05) is 0 Å². The minimum Gasteiger partial charge on any atom is -0.380 e. The molecular weight excluding hydrogens is 264 g/mol. The zero-order valence-electron chi connectivity index (χ0n) is 11.7. The Balaban J connectivity index is 2.89. The lowest BCUT2D eigenvalue weighted by Crippen LogP contribution is -2.36. The van der Waals surface area contributed by atoms with Gasteiger partial charge in [0, 0.05) is 25.8 Å². The highest BCUT2D eigenvalue weighted by molar-refractivity contribution is 5.99. The van der Waals surface area contributed by atoms with E-state index in [1.54, 1.807) is 14.0 Å². The van der Waals surface area contributed by atoms with Gasteiger partial charge in [0.15, 0.2) is 0 Å². The third-order valence-corrected chi connectivity index (χ3v) is 2.51. The van der Waals surface area contributed by atoms with Crippen LogP contribution in [0.25, 0.3) is 0 Å². The molecule has 0 aromatic carbocycles. The Bertz CT molecular complexity index is 492. The van der Waals surface area contributed by atoms with Crippen LogP contribution in [-0.2, 0) is 4.74 Å². The van der Waals surface area contributed by atoms with Crippen molar-refractivity contribution in [1.82, 2.24) is 10.3 Å². The average molecular weight is 282 g/mol. The number of hydrogen-bond donors (Lipinski definition) is 2. The number of pyridine rings is 1. The molecule has 20 heavy (non-hydrogen) atoms. The van der Waals surface area contributed by atoms with Gasteiger partial charge in [-0.25, -0.2) is 4.98 Å². The summed E-state index contributed by atoms with van der Waals surface area (Å²) in [7, 11) is 1.59. The van der Waals surface area contributed by atoms with Gasteiger partial charge in [0.05, 0.1) is 17.1 Å². The number of aromatic nitrogens is 1. The van der Waals surface area contributed by atoms with E-state index >= 15 is 0 Å². The molecule has 1 rings (SSSR count). The summed E-state index contributed by atoms with van der Waals surface area (Å²) < 4.78 is 5.20. The third-order valence-electron chi connectivity index (χ3n) is 2.51. The molecule has 110 valence electrons. The molecular formula is C12H18N4O4. The van der Waals surface area contributed by atoms with Crippen LogP contribution in [0.15, 0.2) is 12.3 Å². The fraction of sp³-hybridized carbons (Fsp3) is 0.500. The number of nitrogens with one attached hydrogen (secondary N) is 2. The Morgan fingerprint density at radius 3 is 2.85 bits per heavy atom. The molecule has 1 atom stereocenters. The lowest BCUT2D eigenvalue weighted by molar-refractivity contribution is -0.385. The summed E-state index contributed by atoms with van der Waals surface area (Å²) in [5.74, 6) is -0.144. The van der Waals surface area contributed by atoms with E-state index in [0.29, 0.717) is 13.2 Å². The number of anilines is 1. The number of carbonyl (C=O) groups excluding carboxylic acids is 1. The van der Waals surface area contributed by atoms with Crippen LogP contribution in [-0.4, -0.2) is 42.1 Å². The average Bonchev–Trinajstić information content (AvgIpc) is 2.44. The number of rotatable bonds is 7. The van der Waals surface area contributed by atoms with Crippen LogP contribution in [0, 0.1) is 10.1 Å². The minimum atomic E-state index is -0.590. The van der Waals surface area contributed by atoms with Crippen LogP contribution in [0.2, 0.25) is 0 Å². The van der Waals surface area contributed by atoms with E-state index in [4.69, 9.17) is 4.74 Å². The first-order valence-electron chi connectivity index (χ1n) is 6.20. The van der Waals surface area contributed by atoms with Crippen LogP contribution in [0.4, 0.5) is 11.5 Å². The van der Waals surface area contributed by atoms with E-state index < -0.39 is 10.8 Å². The largest absolute Gasteiger partial charge is 0.380 e. The Morgan fingerprint density at radius 2 is 2.30 bits per heavy atom. The Kier molecular flexibility index (Phi) is 5.85. The highest BCUT2D eigenvalue weighted by Gasteiger charge is 2.18. The summed E-state index contributed by atoms with van der Waals surface area (Å²) >= 11 is 0. The van der Waals surface area contributed by atoms with Crippen molar-refractivity contribution in [2.75, 3.05) is 25.6 Å². The molecule has 1 heterocycles. The van der Waals surface area contributed by atoms with Crippen molar-refractivity contribution in [3.8, 4) is 0 Å². The summed E-state index contributed by atoms with van der Waals surface area (Å²) in [5, 5.41) is 16.2. The first-order chi connectivity index (χ1) is 9.49. The molecule has 0 aliphatic rings. The molecule has 0 spiro atoms. The van der Waals surface area contributed by atoms with E-state index in [1.165, 1.54) is 6.07 Å². The van der Waals surface area contributed by atoms with Crippen molar-refractivity contribution < 1.29 is 14.5 Å². The van der Waals surface area contributed by atoms with Crippen LogP contribution in [0.3, 0.4) is 0 Å². The Morgan fingerprint density at radius 1 is 1.60 bits per heavy atom. The zero-order valence-corrected chi connectivity index (χ0v) is 11.7. The fourth-order valence-electron chi connectivity index (χ4n) is 1.56. The van der Waals surface area contributed by atoms with Crippen molar-refractivity contribution >= 4 is 17.4 Å². The van der Waals surface area contributed by atoms with Gasteiger partial charge in [0.1, 0.15) is 12.0 Å². The molecule has 1 aromatic heterocycles. The molecule has 2 N–H and O–H groups in total. The number of carbonyl (C=O) groups is 1. The predicted octanol–water partition coefficient (Wildman–Crippen LogP) is 1.19. The molecule has 0 aliphatic heterocycles. The predicted molar refractivity (Wildman–Crippen MR) is 73.9 cm³/mol. The monoisotopic (exact) mass is 282 g/mol. The smallest absolute Gasteiger partial charge is 0.288 e. The molecule has 0 saturated carbocycles. The maximum atomic E-state index is 12.1. The van der Waals surface area contributed by atoms with E-state index in [1.807, 2.05) is 6.92 Å². The summed E-state index contributed by atoms with van der Waals surface area (Å²) in [6.45, 7) is 4.58. The molecule has 8 heteroatoms. The Hall–Kier alpha value is -2.22. The first-order valence-corrected chi connectivity index (χ1v) is 6.20. The van der Waals surface area contributed by atoms with Crippen LogP contribution in [0.1, 0.15) is 24.2 Å². The summed E-state index contributed by atoms with van der Waals surface area (Å²) in [5.41, 5.74) is -0.100. The number of ether oxygens (including phenoxy) is 1. The molecule has 0 radical (unpaired) electrons. The number of nitro groups is 1. The van der Waals surface area contributed by atoms with Gasteiger partial charge in [-0.05, 0) is 13.8 Å².